The zero-order chi connectivity index (χ0) is 19.1. The number of anilines is 3. The van der Waals surface area contributed by atoms with Crippen LogP contribution in [0.15, 0.2) is 24.7 Å². The van der Waals surface area contributed by atoms with Gasteiger partial charge in [0, 0.05) is 6.20 Å². The molecular formula is C16H19N7O4. The smallest absolute Gasteiger partial charge is 0.232 e. The molecule has 1 fully saturated rings. The Balaban J connectivity index is 1.71. The molecule has 0 saturated carbocycles. The molecule has 1 aliphatic rings. The van der Waals surface area contributed by atoms with Crippen LogP contribution in [0.3, 0.4) is 0 Å². The number of hydrogen-bond donors (Lipinski definition) is 5. The molecule has 0 aliphatic carbocycles. The molecule has 3 aromatic rings. The largest absolute Gasteiger partial charge is 0.394 e. The molecule has 3 aromatic heterocycles. The van der Waals surface area contributed by atoms with Crippen LogP contribution in [0.5, 0.6) is 0 Å². The SMILES string of the molecule is Cc1ccc(Nc2nc(N)c3ncn([C@@H]4O[C@H](CO)C(O)C4O)c3n2)nc1. The third-order valence-electron chi connectivity index (χ3n) is 4.39. The first-order chi connectivity index (χ1) is 13.0. The second-order valence-electron chi connectivity index (χ2n) is 6.33. The summed E-state index contributed by atoms with van der Waals surface area (Å²) in [6, 6.07) is 3.67. The summed E-state index contributed by atoms with van der Waals surface area (Å²) in [5.74, 6) is 0.878. The van der Waals surface area contributed by atoms with Gasteiger partial charge in [0.05, 0.1) is 12.9 Å². The maximum absolute atomic E-state index is 10.3. The van der Waals surface area contributed by atoms with E-state index in [2.05, 4.69) is 25.3 Å². The molecular weight excluding hydrogens is 354 g/mol. The van der Waals surface area contributed by atoms with Gasteiger partial charge in [0.2, 0.25) is 5.95 Å². The van der Waals surface area contributed by atoms with Crippen LogP contribution in [-0.4, -0.2) is 64.7 Å². The molecule has 4 atom stereocenters. The van der Waals surface area contributed by atoms with Crippen molar-refractivity contribution in [2.24, 2.45) is 0 Å². The van der Waals surface area contributed by atoms with E-state index >= 15 is 0 Å². The molecule has 6 N–H and O–H groups in total. The summed E-state index contributed by atoms with van der Waals surface area (Å²) in [7, 11) is 0. The van der Waals surface area contributed by atoms with Gasteiger partial charge in [-0.15, -0.1) is 0 Å². The first-order valence-electron chi connectivity index (χ1n) is 8.30. The molecule has 1 saturated heterocycles. The van der Waals surface area contributed by atoms with E-state index in [-0.39, 0.29) is 11.8 Å². The third-order valence-corrected chi connectivity index (χ3v) is 4.39. The van der Waals surface area contributed by atoms with Gasteiger partial charge in [0.1, 0.15) is 29.6 Å². The first-order valence-corrected chi connectivity index (χ1v) is 8.30. The van der Waals surface area contributed by atoms with Gasteiger partial charge in [-0.25, -0.2) is 9.97 Å². The molecule has 11 nitrogen and oxygen atoms in total. The number of aliphatic hydroxyl groups is 3. The van der Waals surface area contributed by atoms with E-state index < -0.39 is 31.1 Å². The molecule has 0 spiro atoms. The van der Waals surface area contributed by atoms with Gasteiger partial charge < -0.3 is 31.1 Å². The third kappa shape index (κ3) is 3.06. The number of nitrogens with one attached hydrogen (secondary N) is 1. The number of hydrogen-bond acceptors (Lipinski definition) is 10. The fourth-order valence-electron chi connectivity index (χ4n) is 2.95. The monoisotopic (exact) mass is 373 g/mol. The Morgan fingerprint density at radius 3 is 2.70 bits per heavy atom. The lowest BCUT2D eigenvalue weighted by molar-refractivity contribution is -0.0511. The predicted molar refractivity (Wildman–Crippen MR) is 95.0 cm³/mol. The normalized spacial score (nSPS) is 25.2. The number of aliphatic hydroxyl groups excluding tert-OH is 3. The second-order valence-corrected chi connectivity index (χ2v) is 6.33. The molecule has 27 heavy (non-hydrogen) atoms. The first kappa shape index (κ1) is 17.5. The fourth-order valence-corrected chi connectivity index (χ4v) is 2.95. The van der Waals surface area contributed by atoms with Crippen LogP contribution in [0.25, 0.3) is 11.2 Å². The summed E-state index contributed by atoms with van der Waals surface area (Å²) < 4.78 is 6.99. The van der Waals surface area contributed by atoms with Crippen LogP contribution >= 0.6 is 0 Å². The molecule has 0 bridgehead atoms. The number of rotatable bonds is 4. The van der Waals surface area contributed by atoms with Gasteiger partial charge in [-0.2, -0.15) is 9.97 Å². The minimum absolute atomic E-state index is 0.139. The van der Waals surface area contributed by atoms with E-state index in [0.29, 0.717) is 17.0 Å². The predicted octanol–water partition coefficient (Wildman–Crippen LogP) is -0.533. The molecule has 142 valence electrons. The quantitative estimate of drug-likeness (QED) is 0.401. The fraction of sp³-hybridized carbons (Fsp3) is 0.375. The molecule has 4 rings (SSSR count). The Hall–Kier alpha value is -2.86. The van der Waals surface area contributed by atoms with Gasteiger partial charge in [0.15, 0.2) is 17.7 Å². The summed E-state index contributed by atoms with van der Waals surface area (Å²) >= 11 is 0. The van der Waals surface area contributed by atoms with Crippen molar-refractivity contribution in [3.8, 4) is 0 Å². The van der Waals surface area contributed by atoms with Crippen LogP contribution in [0, 0.1) is 6.92 Å². The van der Waals surface area contributed by atoms with Crippen LogP contribution in [0.4, 0.5) is 17.6 Å². The number of nitrogens with two attached hydrogens (primary N) is 1. The number of nitrogens with zero attached hydrogens (tertiary/aromatic N) is 5. The molecule has 0 aromatic carbocycles. The topological polar surface area (TPSA) is 164 Å². The summed E-state index contributed by atoms with van der Waals surface area (Å²) in [6.07, 6.45) is -1.27. The van der Waals surface area contributed by atoms with E-state index in [9.17, 15) is 15.3 Å². The average molecular weight is 373 g/mol. The van der Waals surface area contributed by atoms with Crippen molar-refractivity contribution >= 4 is 28.7 Å². The van der Waals surface area contributed by atoms with E-state index in [1.54, 1.807) is 12.3 Å². The lowest BCUT2D eigenvalue weighted by Gasteiger charge is -2.16. The Bertz CT molecular complexity index is 961. The Kier molecular flexibility index (Phi) is 4.36. The zero-order valence-corrected chi connectivity index (χ0v) is 14.4. The highest BCUT2D eigenvalue weighted by molar-refractivity contribution is 5.83. The number of ether oxygens (including phenoxy) is 1. The summed E-state index contributed by atoms with van der Waals surface area (Å²) in [5.41, 5.74) is 7.64. The number of aryl methyl sites for hydroxylation is 1. The standard InChI is InChI=1S/C16H19N7O4/c1-7-2-3-9(18-4-7)20-16-21-13(17)10-14(22-16)23(6-19-10)15-12(26)11(25)8(5-24)27-15/h2-4,6,8,11-12,15,24-26H,5H2,1H3,(H3,17,18,20,21,22)/t8-,11?,12?,15-/m1/s1. The van der Waals surface area contributed by atoms with Gasteiger partial charge in [0.25, 0.3) is 0 Å². The Morgan fingerprint density at radius 1 is 1.22 bits per heavy atom. The van der Waals surface area contributed by atoms with Gasteiger partial charge in [-0.3, -0.25) is 4.57 Å². The Morgan fingerprint density at radius 2 is 2.04 bits per heavy atom. The summed E-state index contributed by atoms with van der Waals surface area (Å²) in [6.45, 7) is 1.50. The van der Waals surface area contributed by atoms with Crippen LogP contribution in [-0.2, 0) is 4.74 Å². The molecule has 11 heteroatoms. The van der Waals surface area contributed by atoms with Crippen molar-refractivity contribution in [2.75, 3.05) is 17.7 Å². The number of fused-ring (bicyclic) bond motifs is 1. The maximum atomic E-state index is 10.3. The van der Waals surface area contributed by atoms with Crippen molar-refractivity contribution in [3.05, 3.63) is 30.2 Å². The van der Waals surface area contributed by atoms with E-state index in [4.69, 9.17) is 10.5 Å². The van der Waals surface area contributed by atoms with Crippen molar-refractivity contribution in [1.82, 2.24) is 24.5 Å². The second kappa shape index (κ2) is 6.70. The highest BCUT2D eigenvalue weighted by Gasteiger charge is 2.44. The van der Waals surface area contributed by atoms with Crippen LogP contribution in [0.1, 0.15) is 11.8 Å². The number of pyridine rings is 1. The number of nitrogen functional groups attached to an aromatic ring is 1. The average Bonchev–Trinajstić information content (AvgIpc) is 3.19. The summed E-state index contributed by atoms with van der Waals surface area (Å²) in [5, 5.41) is 32.5. The zero-order valence-electron chi connectivity index (χ0n) is 14.4. The van der Waals surface area contributed by atoms with E-state index in [1.807, 2.05) is 13.0 Å². The van der Waals surface area contributed by atoms with Crippen molar-refractivity contribution < 1.29 is 20.1 Å². The number of aromatic nitrogens is 5. The van der Waals surface area contributed by atoms with E-state index in [0.717, 1.165) is 5.56 Å². The Labute approximate surface area is 153 Å². The minimum atomic E-state index is -1.26. The molecule has 4 heterocycles. The summed E-state index contributed by atoms with van der Waals surface area (Å²) in [4.78, 5) is 17.0. The number of imidazole rings is 1. The van der Waals surface area contributed by atoms with E-state index in [1.165, 1.54) is 10.9 Å². The highest BCUT2D eigenvalue weighted by Crippen LogP contribution is 2.32. The van der Waals surface area contributed by atoms with Crippen LogP contribution < -0.4 is 11.1 Å². The van der Waals surface area contributed by atoms with Gasteiger partial charge in [-0.05, 0) is 18.6 Å². The maximum Gasteiger partial charge on any atom is 0.232 e. The molecule has 0 amide bonds. The van der Waals surface area contributed by atoms with Gasteiger partial charge >= 0.3 is 0 Å². The molecule has 0 radical (unpaired) electrons. The lowest BCUT2D eigenvalue weighted by Crippen LogP contribution is -2.33. The lowest BCUT2D eigenvalue weighted by atomic mass is 10.1. The van der Waals surface area contributed by atoms with Crippen LogP contribution in [0.2, 0.25) is 0 Å². The molecule has 1 aliphatic heterocycles. The van der Waals surface area contributed by atoms with Gasteiger partial charge in [-0.1, -0.05) is 6.07 Å². The van der Waals surface area contributed by atoms with Crippen molar-refractivity contribution in [3.63, 3.8) is 0 Å². The van der Waals surface area contributed by atoms with Crippen molar-refractivity contribution in [1.29, 1.82) is 0 Å². The molecule has 2 unspecified atom stereocenters. The minimum Gasteiger partial charge on any atom is -0.394 e. The van der Waals surface area contributed by atoms with Crippen molar-refractivity contribution in [2.45, 2.75) is 31.5 Å². The highest BCUT2D eigenvalue weighted by atomic mass is 16.6.